The molecule has 0 saturated heterocycles. The third kappa shape index (κ3) is 3.03. The summed E-state index contributed by atoms with van der Waals surface area (Å²) in [4.78, 5) is 32.5. The van der Waals surface area contributed by atoms with Crippen molar-refractivity contribution in [2.45, 2.75) is 0 Å². The topological polar surface area (TPSA) is 166 Å². The lowest BCUT2D eigenvalue weighted by atomic mass is 10.2. The van der Waals surface area contributed by atoms with Crippen LogP contribution in [-0.4, -0.2) is 26.1 Å². The normalized spacial score (nSPS) is 10.4. The first kappa shape index (κ1) is 15.8. The van der Waals surface area contributed by atoms with Gasteiger partial charge in [-0.05, 0) is 22.4 Å². The van der Waals surface area contributed by atoms with E-state index < -0.39 is 15.8 Å². The molecule has 3 aromatic rings. The fourth-order valence-corrected chi connectivity index (χ4v) is 2.06. The molecule has 0 spiro atoms. The second kappa shape index (κ2) is 6.19. The predicted molar refractivity (Wildman–Crippen MR) is 82.6 cm³/mol. The Hall–Kier alpha value is -4.09. The van der Waals surface area contributed by atoms with Crippen molar-refractivity contribution >= 4 is 34.0 Å². The maximum absolute atomic E-state index is 12.1. The minimum absolute atomic E-state index is 0.0496. The van der Waals surface area contributed by atoms with E-state index in [1.54, 1.807) is 0 Å². The zero-order valence-electron chi connectivity index (χ0n) is 12.2. The lowest BCUT2D eigenvalue weighted by Crippen LogP contribution is -2.29. The molecule has 0 fully saturated rings. The zero-order valence-corrected chi connectivity index (χ0v) is 12.2. The molecule has 126 valence electrons. The summed E-state index contributed by atoms with van der Waals surface area (Å²) < 4.78 is 4.50. The minimum Gasteiger partial charge on any atom is -0.296 e. The van der Waals surface area contributed by atoms with Gasteiger partial charge in [0.1, 0.15) is 0 Å². The van der Waals surface area contributed by atoms with Crippen molar-refractivity contribution < 1.29 is 19.3 Å². The first-order valence-electron chi connectivity index (χ1n) is 6.68. The number of nitrogens with one attached hydrogen (secondary N) is 2. The van der Waals surface area contributed by atoms with Crippen LogP contribution in [0.25, 0.3) is 11.0 Å². The molecule has 0 aliphatic rings. The molecule has 3 rings (SSSR count). The van der Waals surface area contributed by atoms with Crippen LogP contribution in [0.4, 0.5) is 17.1 Å². The number of carbonyl (C=O) groups excluding carboxylic acids is 1. The molecule has 0 radical (unpaired) electrons. The van der Waals surface area contributed by atoms with Gasteiger partial charge < -0.3 is 0 Å². The lowest BCUT2D eigenvalue weighted by Gasteiger charge is -2.08. The first-order chi connectivity index (χ1) is 12.0. The van der Waals surface area contributed by atoms with Crippen LogP contribution in [0, 0.1) is 20.2 Å². The second-order valence-corrected chi connectivity index (χ2v) is 4.74. The molecule has 1 amide bonds. The van der Waals surface area contributed by atoms with Crippen molar-refractivity contribution in [2.24, 2.45) is 0 Å². The molecular formula is C13H8N6O6. The van der Waals surface area contributed by atoms with E-state index in [-0.39, 0.29) is 33.7 Å². The lowest BCUT2D eigenvalue weighted by molar-refractivity contribution is -0.384. The van der Waals surface area contributed by atoms with Gasteiger partial charge >= 0.3 is 5.69 Å². The monoisotopic (exact) mass is 344 g/mol. The van der Waals surface area contributed by atoms with Gasteiger partial charge in [-0.3, -0.25) is 35.9 Å². The van der Waals surface area contributed by atoms with Crippen molar-refractivity contribution in [3.8, 4) is 0 Å². The maximum atomic E-state index is 12.1. The van der Waals surface area contributed by atoms with Gasteiger partial charge in [-0.1, -0.05) is 6.07 Å². The summed E-state index contributed by atoms with van der Waals surface area (Å²) in [5.41, 5.74) is 4.55. The Bertz CT molecular complexity index is 1000. The molecule has 12 heteroatoms. The van der Waals surface area contributed by atoms with Crippen molar-refractivity contribution in [1.29, 1.82) is 0 Å². The number of nitrogens with zero attached hydrogens (tertiary/aromatic N) is 4. The smallest absolute Gasteiger partial charge is 0.296 e. The molecule has 25 heavy (non-hydrogen) atoms. The highest BCUT2D eigenvalue weighted by molar-refractivity contribution is 5.97. The second-order valence-electron chi connectivity index (χ2n) is 4.74. The molecular weight excluding hydrogens is 336 g/mol. The fraction of sp³-hybridized carbons (Fsp3) is 0. The van der Waals surface area contributed by atoms with Gasteiger partial charge in [0.05, 0.1) is 15.5 Å². The van der Waals surface area contributed by atoms with Crippen LogP contribution in [0.5, 0.6) is 0 Å². The summed E-state index contributed by atoms with van der Waals surface area (Å²) in [6.45, 7) is 0. The number of benzene rings is 2. The molecule has 12 nitrogen and oxygen atoms in total. The van der Waals surface area contributed by atoms with Crippen molar-refractivity contribution in [2.75, 3.05) is 5.43 Å². The summed E-state index contributed by atoms with van der Waals surface area (Å²) >= 11 is 0. The largest absolute Gasteiger partial charge is 0.300 e. The van der Waals surface area contributed by atoms with Crippen LogP contribution in [0.3, 0.4) is 0 Å². The highest BCUT2D eigenvalue weighted by Gasteiger charge is 2.20. The number of non-ortho nitro benzene ring substituents is 2. The Morgan fingerprint density at radius 2 is 1.80 bits per heavy atom. The van der Waals surface area contributed by atoms with Crippen LogP contribution in [0.1, 0.15) is 10.4 Å². The Balaban J connectivity index is 1.81. The van der Waals surface area contributed by atoms with Gasteiger partial charge in [-0.25, -0.2) is 4.63 Å². The summed E-state index contributed by atoms with van der Waals surface area (Å²) in [5.74, 6) is -0.647. The van der Waals surface area contributed by atoms with E-state index >= 15 is 0 Å². The number of nitro benzene ring substituents is 2. The number of amides is 1. The molecule has 0 aliphatic carbocycles. The molecule has 0 atom stereocenters. The van der Waals surface area contributed by atoms with E-state index in [4.69, 9.17) is 0 Å². The number of nitro groups is 2. The van der Waals surface area contributed by atoms with E-state index in [1.807, 2.05) is 0 Å². The number of carbonyl (C=O) groups is 1. The van der Waals surface area contributed by atoms with Crippen molar-refractivity contribution in [3.63, 3.8) is 0 Å². The van der Waals surface area contributed by atoms with Gasteiger partial charge in [0.15, 0.2) is 5.52 Å². The van der Waals surface area contributed by atoms with Crippen LogP contribution >= 0.6 is 0 Å². The maximum Gasteiger partial charge on any atom is 0.300 e. The Morgan fingerprint density at radius 1 is 1.04 bits per heavy atom. The number of hydrogen-bond donors (Lipinski definition) is 2. The number of hydrogen-bond acceptors (Lipinski definition) is 9. The summed E-state index contributed by atoms with van der Waals surface area (Å²) in [7, 11) is 0. The Morgan fingerprint density at radius 3 is 2.52 bits per heavy atom. The number of fused-ring (bicyclic) bond motifs is 1. The summed E-state index contributed by atoms with van der Waals surface area (Å²) in [6, 6.07) is 7.63. The quantitative estimate of drug-likeness (QED) is 0.518. The molecule has 0 aliphatic heterocycles. The van der Waals surface area contributed by atoms with Crippen LogP contribution in [0.2, 0.25) is 0 Å². The standard InChI is InChI=1S/C13H8N6O6/c20-13(7-2-1-3-8(6-7)18(21)22)15-14-9-4-5-10(19(23)24)12-11(9)16-25-17-12/h1-6,14H,(H,15,20). The minimum atomic E-state index is -0.647. The zero-order chi connectivity index (χ0) is 18.0. The van der Waals surface area contributed by atoms with Gasteiger partial charge in [-0.15, -0.1) is 0 Å². The SMILES string of the molecule is O=C(NNc1ccc([N+](=O)[O-])c2nonc12)c1cccc([N+](=O)[O-])c1. The van der Waals surface area contributed by atoms with Gasteiger partial charge in [0, 0.05) is 23.8 Å². The molecule has 1 aromatic heterocycles. The molecule has 0 unspecified atom stereocenters. The molecule has 1 heterocycles. The predicted octanol–water partition coefficient (Wildman–Crippen LogP) is 1.80. The molecule has 0 bridgehead atoms. The van der Waals surface area contributed by atoms with Crippen molar-refractivity contribution in [1.82, 2.24) is 15.7 Å². The third-order valence-electron chi connectivity index (χ3n) is 3.22. The van der Waals surface area contributed by atoms with Gasteiger partial charge in [0.2, 0.25) is 5.52 Å². The number of rotatable bonds is 5. The van der Waals surface area contributed by atoms with Crippen LogP contribution in [0.15, 0.2) is 41.0 Å². The average Bonchev–Trinajstić information content (AvgIpc) is 3.09. The van der Waals surface area contributed by atoms with Crippen LogP contribution < -0.4 is 10.9 Å². The Labute approximate surface area is 137 Å². The van der Waals surface area contributed by atoms with E-state index in [1.165, 1.54) is 30.3 Å². The fourth-order valence-electron chi connectivity index (χ4n) is 2.06. The number of aromatic nitrogens is 2. The van der Waals surface area contributed by atoms with E-state index in [2.05, 4.69) is 25.8 Å². The van der Waals surface area contributed by atoms with E-state index in [9.17, 15) is 25.0 Å². The third-order valence-corrected chi connectivity index (χ3v) is 3.22. The summed E-state index contributed by atoms with van der Waals surface area (Å²) in [5, 5.41) is 28.7. The highest BCUT2D eigenvalue weighted by Crippen LogP contribution is 2.28. The number of hydrazine groups is 1. The van der Waals surface area contributed by atoms with E-state index in [0.29, 0.717) is 0 Å². The van der Waals surface area contributed by atoms with Crippen molar-refractivity contribution in [3.05, 3.63) is 62.2 Å². The van der Waals surface area contributed by atoms with Gasteiger partial charge in [-0.2, -0.15) is 0 Å². The van der Waals surface area contributed by atoms with Gasteiger partial charge in [0.25, 0.3) is 11.6 Å². The number of anilines is 1. The van der Waals surface area contributed by atoms with E-state index in [0.717, 1.165) is 6.07 Å². The van der Waals surface area contributed by atoms with Crippen LogP contribution in [-0.2, 0) is 0 Å². The Kier molecular flexibility index (Phi) is 3.91. The molecule has 2 N–H and O–H groups in total. The molecule has 0 saturated carbocycles. The summed E-state index contributed by atoms with van der Waals surface area (Å²) in [6.07, 6.45) is 0. The average molecular weight is 344 g/mol. The first-order valence-corrected chi connectivity index (χ1v) is 6.68. The molecule has 2 aromatic carbocycles. The highest BCUT2D eigenvalue weighted by atomic mass is 16.6.